The summed E-state index contributed by atoms with van der Waals surface area (Å²) in [6.07, 6.45) is 6.03. The van der Waals surface area contributed by atoms with E-state index >= 15 is 0 Å². The van der Waals surface area contributed by atoms with Gasteiger partial charge in [0, 0.05) is 19.0 Å². The van der Waals surface area contributed by atoms with Gasteiger partial charge in [-0.3, -0.25) is 10.1 Å². The Morgan fingerprint density at radius 3 is 2.58 bits per heavy atom. The van der Waals surface area contributed by atoms with Gasteiger partial charge in [-0.25, -0.2) is 24.5 Å². The number of nitrogens with zero attached hydrogens (tertiary/aromatic N) is 4. The maximum absolute atomic E-state index is 13.0. The highest BCUT2D eigenvalue weighted by Gasteiger charge is 2.52. The Hall–Kier alpha value is -5.14. The highest BCUT2D eigenvalue weighted by molar-refractivity contribution is 5.96. The van der Waals surface area contributed by atoms with Crippen LogP contribution < -0.4 is 16.0 Å². The van der Waals surface area contributed by atoms with Crippen LogP contribution in [0.2, 0.25) is 0 Å². The molecular formula is C32H33N7O6. The molecule has 4 N–H and O–H groups in total. The minimum Gasteiger partial charge on any atom is -0.478 e. The number of urea groups is 1. The Morgan fingerprint density at radius 1 is 1.00 bits per heavy atom. The maximum Gasteiger partial charge on any atom is 0.335 e. The molecule has 6 rings (SSSR count). The van der Waals surface area contributed by atoms with Crippen molar-refractivity contribution in [2.24, 2.45) is 5.92 Å². The summed E-state index contributed by atoms with van der Waals surface area (Å²) in [5, 5.41) is 17.9. The van der Waals surface area contributed by atoms with Gasteiger partial charge in [0.1, 0.15) is 12.4 Å². The second kappa shape index (κ2) is 13.2. The summed E-state index contributed by atoms with van der Waals surface area (Å²) >= 11 is 0. The topological polar surface area (TPSA) is 170 Å². The average molecular weight is 612 g/mol. The smallest absolute Gasteiger partial charge is 0.335 e. The first-order valence-corrected chi connectivity index (χ1v) is 14.8. The third-order valence-corrected chi connectivity index (χ3v) is 7.99. The van der Waals surface area contributed by atoms with Crippen molar-refractivity contribution < 1.29 is 29.0 Å². The van der Waals surface area contributed by atoms with E-state index in [-0.39, 0.29) is 47.9 Å². The van der Waals surface area contributed by atoms with Gasteiger partial charge in [-0.2, -0.15) is 0 Å². The van der Waals surface area contributed by atoms with E-state index in [1.807, 2.05) is 54.0 Å². The van der Waals surface area contributed by atoms with E-state index < -0.39 is 18.3 Å². The largest absolute Gasteiger partial charge is 0.478 e. The van der Waals surface area contributed by atoms with Gasteiger partial charge in [0.15, 0.2) is 23.3 Å². The Labute approximate surface area is 258 Å². The number of nitrogens with one attached hydrogen (secondary N) is 3. The molecule has 2 aliphatic rings. The first-order valence-electron chi connectivity index (χ1n) is 14.8. The third kappa shape index (κ3) is 6.54. The molecule has 13 heteroatoms. The zero-order valence-electron chi connectivity index (χ0n) is 24.5. The monoisotopic (exact) mass is 611 g/mol. The molecule has 5 atom stereocenters. The number of ether oxygens (including phenoxy) is 2. The molecule has 4 unspecified atom stereocenters. The summed E-state index contributed by atoms with van der Waals surface area (Å²) in [6.45, 7) is 2.58. The van der Waals surface area contributed by atoms with Crippen LogP contribution in [0.25, 0.3) is 17.2 Å². The van der Waals surface area contributed by atoms with E-state index in [4.69, 9.17) is 9.47 Å². The molecule has 13 nitrogen and oxygen atoms in total. The molecule has 3 amide bonds. The first-order chi connectivity index (χ1) is 21.9. The highest BCUT2D eigenvalue weighted by atomic mass is 16.7. The molecule has 1 saturated carbocycles. The fourth-order valence-electron chi connectivity index (χ4n) is 5.94. The zero-order valence-corrected chi connectivity index (χ0v) is 24.5. The number of fused-ring (bicyclic) bond motifs is 2. The second-order valence-corrected chi connectivity index (χ2v) is 10.9. The van der Waals surface area contributed by atoms with Crippen molar-refractivity contribution in [1.82, 2.24) is 30.2 Å². The van der Waals surface area contributed by atoms with Crippen LogP contribution in [0, 0.1) is 5.92 Å². The number of rotatable bonds is 10. The van der Waals surface area contributed by atoms with E-state index in [1.54, 1.807) is 24.5 Å². The second-order valence-electron chi connectivity index (χ2n) is 10.9. The van der Waals surface area contributed by atoms with Gasteiger partial charge in [0.2, 0.25) is 5.91 Å². The summed E-state index contributed by atoms with van der Waals surface area (Å²) in [5.74, 6) is -1.20. The van der Waals surface area contributed by atoms with Crippen LogP contribution in [0.3, 0.4) is 0 Å². The minimum absolute atomic E-state index is 0.0586. The third-order valence-electron chi connectivity index (χ3n) is 7.99. The number of carboxylic acids is 1. The minimum atomic E-state index is -1.08. The summed E-state index contributed by atoms with van der Waals surface area (Å²) in [4.78, 5) is 49.9. The summed E-state index contributed by atoms with van der Waals surface area (Å²) in [6, 6.07) is 15.7. The Morgan fingerprint density at radius 2 is 1.78 bits per heavy atom. The van der Waals surface area contributed by atoms with Crippen LogP contribution in [0.15, 0.2) is 73.3 Å². The molecule has 2 aromatic heterocycles. The Bertz CT molecular complexity index is 1730. The zero-order chi connectivity index (χ0) is 31.3. The van der Waals surface area contributed by atoms with E-state index in [0.29, 0.717) is 36.2 Å². The van der Waals surface area contributed by atoms with E-state index in [1.165, 1.54) is 12.4 Å². The fourth-order valence-corrected chi connectivity index (χ4v) is 5.94. The number of hydrogen-bond acceptors (Lipinski definition) is 8. The molecule has 1 saturated heterocycles. The first kappa shape index (κ1) is 29.9. The van der Waals surface area contributed by atoms with E-state index in [0.717, 1.165) is 5.56 Å². The number of carboxylic acid groups (broad SMARTS) is 1. The van der Waals surface area contributed by atoms with Gasteiger partial charge in [-0.1, -0.05) is 54.6 Å². The standard InChI is InChI=1S/C32H33N7O6/c1-2-33-32(43)38-29-26-30(36-17-35-29)39(18-37-26)23-14-21(16-34-24(40)15-20-10-6-7-11-22(20)31(41)42)27-28(23)45-25(44-27)13-12-19-8-4-3-5-9-19/h3-13,17-18,21,23,25,27-28H,2,14-16H2,1H3,(H,34,40)(H,41,42)(H2,33,35,36,38,43)/t21?,23?,25-,27?,28?/m0/s1. The number of benzene rings is 2. The number of imidazole rings is 1. The van der Waals surface area contributed by atoms with Crippen molar-refractivity contribution in [3.63, 3.8) is 0 Å². The molecule has 0 bridgehead atoms. The number of amides is 3. The summed E-state index contributed by atoms with van der Waals surface area (Å²) < 4.78 is 14.7. The van der Waals surface area contributed by atoms with E-state index in [9.17, 15) is 19.5 Å². The molecule has 0 spiro atoms. The molecule has 2 aromatic carbocycles. The number of carbonyl (C=O) groups is 3. The van der Waals surface area contributed by atoms with Crippen molar-refractivity contribution >= 4 is 41.0 Å². The lowest BCUT2D eigenvalue weighted by atomic mass is 10.0. The van der Waals surface area contributed by atoms with Gasteiger partial charge in [0.25, 0.3) is 0 Å². The van der Waals surface area contributed by atoms with Crippen molar-refractivity contribution in [2.45, 2.75) is 44.3 Å². The predicted octanol–water partition coefficient (Wildman–Crippen LogP) is 3.41. The van der Waals surface area contributed by atoms with Crippen molar-refractivity contribution in [3.05, 3.63) is 90.0 Å². The number of carbonyl (C=O) groups excluding carboxylic acids is 2. The Kier molecular flexibility index (Phi) is 8.80. The lowest BCUT2D eigenvalue weighted by Crippen LogP contribution is -2.35. The molecular weight excluding hydrogens is 578 g/mol. The molecule has 1 aliphatic carbocycles. The van der Waals surface area contributed by atoms with Crippen LogP contribution >= 0.6 is 0 Å². The van der Waals surface area contributed by atoms with Crippen LogP contribution in [-0.4, -0.2) is 74.1 Å². The lowest BCUT2D eigenvalue weighted by Gasteiger charge is -2.20. The predicted molar refractivity (Wildman–Crippen MR) is 164 cm³/mol. The van der Waals surface area contributed by atoms with Crippen molar-refractivity contribution in [3.8, 4) is 0 Å². The molecule has 0 radical (unpaired) electrons. The van der Waals surface area contributed by atoms with Crippen LogP contribution in [0.1, 0.15) is 40.9 Å². The van der Waals surface area contributed by atoms with Gasteiger partial charge >= 0.3 is 12.0 Å². The van der Waals surface area contributed by atoms with Crippen LogP contribution in [-0.2, 0) is 20.7 Å². The number of anilines is 1. The van der Waals surface area contributed by atoms with Gasteiger partial charge in [-0.15, -0.1) is 0 Å². The van der Waals surface area contributed by atoms with Gasteiger partial charge < -0.3 is 29.8 Å². The van der Waals surface area contributed by atoms with E-state index in [2.05, 4.69) is 30.9 Å². The molecule has 1 aliphatic heterocycles. The van der Waals surface area contributed by atoms with Crippen LogP contribution in [0.4, 0.5) is 10.6 Å². The van der Waals surface area contributed by atoms with Crippen LogP contribution in [0.5, 0.6) is 0 Å². The van der Waals surface area contributed by atoms with Crippen molar-refractivity contribution in [2.75, 3.05) is 18.4 Å². The number of aromatic carboxylic acids is 1. The lowest BCUT2D eigenvalue weighted by molar-refractivity contribution is -0.120. The number of aromatic nitrogens is 4. The molecule has 45 heavy (non-hydrogen) atoms. The average Bonchev–Trinajstić information content (AvgIpc) is 3.74. The number of hydrogen-bond donors (Lipinski definition) is 4. The van der Waals surface area contributed by atoms with Gasteiger partial charge in [0.05, 0.1) is 30.5 Å². The molecule has 232 valence electrons. The summed E-state index contributed by atoms with van der Waals surface area (Å²) in [7, 11) is 0. The fraction of sp³-hybridized carbons (Fsp3) is 0.312. The molecule has 3 heterocycles. The normalized spacial score (nSPS) is 22.4. The van der Waals surface area contributed by atoms with Crippen molar-refractivity contribution in [1.29, 1.82) is 0 Å². The SMILES string of the molecule is CCNC(=O)Nc1ncnc2c1ncn2C1CC(CNC(=O)Cc2ccccc2C(=O)O)C2O[C@H](C=Cc3ccccc3)OC21. The molecule has 2 fully saturated rings. The highest BCUT2D eigenvalue weighted by Crippen LogP contribution is 2.45. The van der Waals surface area contributed by atoms with Gasteiger partial charge in [-0.05, 0) is 36.6 Å². The Balaban J connectivity index is 1.22. The quantitative estimate of drug-likeness (QED) is 0.210. The maximum atomic E-state index is 13.0. The summed E-state index contributed by atoms with van der Waals surface area (Å²) in [5.41, 5.74) is 2.52. The molecule has 4 aromatic rings.